The average Bonchev–Trinajstić information content (AvgIpc) is 2.84. The molecule has 2 heterocycles. The van der Waals surface area contributed by atoms with Crippen LogP contribution in [0, 0.1) is 0 Å². The van der Waals surface area contributed by atoms with Gasteiger partial charge in [0.05, 0.1) is 12.8 Å². The standard InChI is InChI=1S/C24H27N5O2/c1-31-21-10-8-18(9-11-21)17-25-24(30)26-20-7-5-6-19(16-20)22-12-13-23(28-27-22)29-14-3-2-4-15-29/h5-13,16H,2-4,14-15,17H2,1H3,(H2,25,26,30). The number of aromatic nitrogens is 2. The highest BCUT2D eigenvalue weighted by atomic mass is 16.5. The molecule has 0 radical (unpaired) electrons. The second kappa shape index (κ2) is 9.93. The van der Waals surface area contributed by atoms with Crippen LogP contribution in [0.25, 0.3) is 11.3 Å². The quantitative estimate of drug-likeness (QED) is 0.619. The normalized spacial score (nSPS) is 13.5. The highest BCUT2D eigenvalue weighted by Gasteiger charge is 2.13. The predicted molar refractivity (Wildman–Crippen MR) is 122 cm³/mol. The molecular formula is C24H27N5O2. The van der Waals surface area contributed by atoms with Gasteiger partial charge in [-0.25, -0.2) is 4.79 Å². The summed E-state index contributed by atoms with van der Waals surface area (Å²) >= 11 is 0. The number of carbonyl (C=O) groups is 1. The van der Waals surface area contributed by atoms with Crippen molar-refractivity contribution in [2.45, 2.75) is 25.8 Å². The highest BCUT2D eigenvalue weighted by molar-refractivity contribution is 5.90. The number of anilines is 2. The van der Waals surface area contributed by atoms with E-state index in [4.69, 9.17) is 4.74 Å². The number of hydrogen-bond donors (Lipinski definition) is 2. The molecule has 0 spiro atoms. The van der Waals surface area contributed by atoms with Crippen molar-refractivity contribution in [2.75, 3.05) is 30.4 Å². The molecular weight excluding hydrogens is 390 g/mol. The van der Waals surface area contributed by atoms with Crippen LogP contribution in [-0.2, 0) is 6.54 Å². The first-order valence-corrected chi connectivity index (χ1v) is 10.6. The predicted octanol–water partition coefficient (Wildman–Crippen LogP) is 4.46. The Balaban J connectivity index is 1.35. The SMILES string of the molecule is COc1ccc(CNC(=O)Nc2cccc(-c3ccc(N4CCCCC4)nn3)c2)cc1. The number of ether oxygens (including phenoxy) is 1. The topological polar surface area (TPSA) is 79.4 Å². The molecule has 0 saturated carbocycles. The summed E-state index contributed by atoms with van der Waals surface area (Å²) in [4.78, 5) is 14.6. The lowest BCUT2D eigenvalue weighted by Gasteiger charge is -2.27. The Morgan fingerprint density at radius 3 is 2.52 bits per heavy atom. The molecule has 1 aromatic heterocycles. The summed E-state index contributed by atoms with van der Waals surface area (Å²) < 4.78 is 5.15. The number of carbonyl (C=O) groups excluding carboxylic acids is 1. The number of methoxy groups -OCH3 is 1. The van der Waals surface area contributed by atoms with Gasteiger partial charge in [0.2, 0.25) is 0 Å². The Hall–Kier alpha value is -3.61. The lowest BCUT2D eigenvalue weighted by atomic mass is 10.1. The van der Waals surface area contributed by atoms with Gasteiger partial charge in [-0.05, 0) is 61.2 Å². The highest BCUT2D eigenvalue weighted by Crippen LogP contribution is 2.23. The number of piperidine rings is 1. The van der Waals surface area contributed by atoms with E-state index in [9.17, 15) is 4.79 Å². The molecule has 2 amide bonds. The van der Waals surface area contributed by atoms with E-state index in [1.165, 1.54) is 19.3 Å². The first kappa shape index (κ1) is 20.7. The molecule has 0 atom stereocenters. The summed E-state index contributed by atoms with van der Waals surface area (Å²) in [6, 6.07) is 18.9. The van der Waals surface area contributed by atoms with Crippen molar-refractivity contribution < 1.29 is 9.53 Å². The molecule has 1 fully saturated rings. The zero-order chi connectivity index (χ0) is 21.5. The van der Waals surface area contributed by atoms with E-state index in [0.717, 1.165) is 41.5 Å². The lowest BCUT2D eigenvalue weighted by molar-refractivity contribution is 0.251. The van der Waals surface area contributed by atoms with Crippen LogP contribution in [0.15, 0.2) is 60.7 Å². The summed E-state index contributed by atoms with van der Waals surface area (Å²) in [6.45, 7) is 2.51. The van der Waals surface area contributed by atoms with E-state index in [-0.39, 0.29) is 6.03 Å². The molecule has 1 saturated heterocycles. The largest absolute Gasteiger partial charge is 0.497 e. The summed E-state index contributed by atoms with van der Waals surface area (Å²) in [6.07, 6.45) is 3.70. The number of benzene rings is 2. The summed E-state index contributed by atoms with van der Waals surface area (Å²) in [5.41, 5.74) is 3.38. The number of nitrogens with zero attached hydrogens (tertiary/aromatic N) is 3. The minimum atomic E-state index is -0.264. The molecule has 1 aliphatic heterocycles. The first-order chi connectivity index (χ1) is 15.2. The molecule has 2 N–H and O–H groups in total. The fourth-order valence-electron chi connectivity index (χ4n) is 3.63. The Kier molecular flexibility index (Phi) is 6.62. The van der Waals surface area contributed by atoms with E-state index in [1.807, 2.05) is 60.7 Å². The van der Waals surface area contributed by atoms with Gasteiger partial charge in [0.25, 0.3) is 0 Å². The summed E-state index contributed by atoms with van der Waals surface area (Å²) in [5, 5.41) is 14.6. The van der Waals surface area contributed by atoms with Crippen LogP contribution >= 0.6 is 0 Å². The number of rotatable bonds is 6. The van der Waals surface area contributed by atoms with E-state index < -0.39 is 0 Å². The van der Waals surface area contributed by atoms with Gasteiger partial charge in [0, 0.05) is 30.9 Å². The Bertz CT molecular complexity index is 999. The van der Waals surface area contributed by atoms with Crippen LogP contribution in [0.2, 0.25) is 0 Å². The van der Waals surface area contributed by atoms with Gasteiger partial charge in [-0.2, -0.15) is 0 Å². The fraction of sp³-hybridized carbons (Fsp3) is 0.292. The maximum absolute atomic E-state index is 12.3. The van der Waals surface area contributed by atoms with E-state index in [1.54, 1.807) is 7.11 Å². The smallest absolute Gasteiger partial charge is 0.319 e. The maximum atomic E-state index is 12.3. The van der Waals surface area contributed by atoms with Crippen molar-refractivity contribution in [3.63, 3.8) is 0 Å². The van der Waals surface area contributed by atoms with Crippen molar-refractivity contribution in [1.29, 1.82) is 0 Å². The van der Waals surface area contributed by atoms with E-state index in [2.05, 4.69) is 25.7 Å². The van der Waals surface area contributed by atoms with Crippen LogP contribution in [0.1, 0.15) is 24.8 Å². The lowest BCUT2D eigenvalue weighted by Crippen LogP contribution is -2.30. The van der Waals surface area contributed by atoms with Crippen molar-refractivity contribution in [2.24, 2.45) is 0 Å². The molecule has 7 heteroatoms. The Morgan fingerprint density at radius 1 is 1.00 bits per heavy atom. The van der Waals surface area contributed by atoms with Gasteiger partial charge in [-0.1, -0.05) is 24.3 Å². The minimum Gasteiger partial charge on any atom is -0.497 e. The number of hydrogen-bond acceptors (Lipinski definition) is 5. The molecule has 0 unspecified atom stereocenters. The molecule has 2 aromatic carbocycles. The van der Waals surface area contributed by atoms with Crippen LogP contribution < -0.4 is 20.3 Å². The van der Waals surface area contributed by atoms with Gasteiger partial charge < -0.3 is 20.3 Å². The van der Waals surface area contributed by atoms with E-state index in [0.29, 0.717) is 12.2 Å². The monoisotopic (exact) mass is 417 g/mol. The van der Waals surface area contributed by atoms with Crippen molar-refractivity contribution in [3.8, 4) is 17.0 Å². The zero-order valence-corrected chi connectivity index (χ0v) is 17.7. The van der Waals surface area contributed by atoms with Crippen molar-refractivity contribution in [3.05, 3.63) is 66.2 Å². The third kappa shape index (κ3) is 5.51. The second-order valence-corrected chi connectivity index (χ2v) is 7.56. The Morgan fingerprint density at radius 2 is 1.81 bits per heavy atom. The summed E-state index contributed by atoms with van der Waals surface area (Å²) in [5.74, 6) is 1.72. The molecule has 3 aromatic rings. The van der Waals surface area contributed by atoms with Gasteiger partial charge in [-0.15, -0.1) is 10.2 Å². The molecule has 7 nitrogen and oxygen atoms in total. The van der Waals surface area contributed by atoms with Crippen molar-refractivity contribution in [1.82, 2.24) is 15.5 Å². The van der Waals surface area contributed by atoms with Crippen LogP contribution in [0.3, 0.4) is 0 Å². The molecule has 4 rings (SSSR count). The molecule has 31 heavy (non-hydrogen) atoms. The van der Waals surface area contributed by atoms with Crippen LogP contribution in [0.5, 0.6) is 5.75 Å². The molecule has 0 aliphatic carbocycles. The molecule has 1 aliphatic rings. The first-order valence-electron chi connectivity index (χ1n) is 10.6. The van der Waals surface area contributed by atoms with Gasteiger partial charge in [0.15, 0.2) is 5.82 Å². The van der Waals surface area contributed by atoms with Crippen LogP contribution in [-0.4, -0.2) is 36.4 Å². The minimum absolute atomic E-state index is 0.264. The summed E-state index contributed by atoms with van der Waals surface area (Å²) in [7, 11) is 1.63. The van der Waals surface area contributed by atoms with E-state index >= 15 is 0 Å². The van der Waals surface area contributed by atoms with Gasteiger partial charge >= 0.3 is 6.03 Å². The number of amides is 2. The van der Waals surface area contributed by atoms with Gasteiger partial charge in [0.1, 0.15) is 5.75 Å². The van der Waals surface area contributed by atoms with Gasteiger partial charge in [-0.3, -0.25) is 0 Å². The third-order valence-electron chi connectivity index (χ3n) is 5.36. The molecule has 0 bridgehead atoms. The molecule has 160 valence electrons. The maximum Gasteiger partial charge on any atom is 0.319 e. The zero-order valence-electron chi connectivity index (χ0n) is 17.7. The average molecular weight is 418 g/mol. The number of nitrogens with one attached hydrogen (secondary N) is 2. The van der Waals surface area contributed by atoms with Crippen molar-refractivity contribution >= 4 is 17.5 Å². The third-order valence-corrected chi connectivity index (χ3v) is 5.36. The second-order valence-electron chi connectivity index (χ2n) is 7.56. The fourth-order valence-corrected chi connectivity index (χ4v) is 3.63. The number of urea groups is 1. The van der Waals surface area contributed by atoms with Crippen LogP contribution in [0.4, 0.5) is 16.3 Å². The Labute approximate surface area is 182 Å².